The van der Waals surface area contributed by atoms with Crippen LogP contribution in [0.3, 0.4) is 0 Å². The molecule has 1 unspecified atom stereocenters. The van der Waals surface area contributed by atoms with Gasteiger partial charge in [0.05, 0.1) is 19.4 Å². The Bertz CT molecular complexity index is 488. The van der Waals surface area contributed by atoms with Crippen LogP contribution >= 0.6 is 0 Å². The van der Waals surface area contributed by atoms with E-state index in [-0.39, 0.29) is 12.0 Å². The first-order valence-electron chi connectivity index (χ1n) is 5.81. The fourth-order valence-corrected chi connectivity index (χ4v) is 1.54. The summed E-state index contributed by atoms with van der Waals surface area (Å²) in [6.45, 7) is 2.17. The molecule has 0 spiro atoms. The van der Waals surface area contributed by atoms with Crippen molar-refractivity contribution in [3.05, 3.63) is 35.9 Å². The van der Waals surface area contributed by atoms with Crippen LogP contribution in [0.5, 0.6) is 5.75 Å². The predicted octanol–water partition coefficient (Wildman–Crippen LogP) is 2.09. The maximum absolute atomic E-state index is 11.3. The molecular formula is C14H15NO3. The second-order valence-corrected chi connectivity index (χ2v) is 3.82. The molecule has 0 amide bonds. The third kappa shape index (κ3) is 2.97. The van der Waals surface area contributed by atoms with E-state index in [1.165, 1.54) is 0 Å². The fourth-order valence-electron chi connectivity index (χ4n) is 1.54. The van der Waals surface area contributed by atoms with Crippen LogP contribution in [-0.2, 0) is 9.53 Å². The van der Waals surface area contributed by atoms with Crippen molar-refractivity contribution < 1.29 is 14.3 Å². The number of rotatable bonds is 5. The SMILES string of the molecule is CCOC(=O)C1N=C1/C=C/c1ccc(OC)cc1. The normalized spacial score (nSPS) is 17.4. The number of aliphatic imine (C=N–C) groups is 1. The second kappa shape index (κ2) is 5.49. The van der Waals surface area contributed by atoms with Crippen molar-refractivity contribution in [2.45, 2.75) is 13.0 Å². The third-order valence-corrected chi connectivity index (χ3v) is 2.56. The molecule has 1 aliphatic rings. The van der Waals surface area contributed by atoms with Gasteiger partial charge in [-0.15, -0.1) is 0 Å². The number of esters is 1. The Morgan fingerprint density at radius 1 is 1.33 bits per heavy atom. The number of methoxy groups -OCH3 is 1. The van der Waals surface area contributed by atoms with Gasteiger partial charge in [-0.25, -0.2) is 4.79 Å². The lowest BCUT2D eigenvalue weighted by atomic mass is 10.2. The largest absolute Gasteiger partial charge is 0.497 e. The lowest BCUT2D eigenvalue weighted by Crippen LogP contribution is -2.15. The highest BCUT2D eigenvalue weighted by Crippen LogP contribution is 2.17. The molecular weight excluding hydrogens is 230 g/mol. The van der Waals surface area contributed by atoms with Gasteiger partial charge in [-0.05, 0) is 30.7 Å². The van der Waals surface area contributed by atoms with Gasteiger partial charge < -0.3 is 9.47 Å². The lowest BCUT2D eigenvalue weighted by Gasteiger charge is -1.98. The van der Waals surface area contributed by atoms with Gasteiger partial charge in [0.15, 0.2) is 6.04 Å². The van der Waals surface area contributed by atoms with E-state index in [1.54, 1.807) is 14.0 Å². The Morgan fingerprint density at radius 3 is 2.67 bits per heavy atom. The predicted molar refractivity (Wildman–Crippen MR) is 69.9 cm³/mol. The minimum atomic E-state index is -0.389. The molecule has 0 aliphatic carbocycles. The highest BCUT2D eigenvalue weighted by atomic mass is 16.5. The molecule has 0 radical (unpaired) electrons. The van der Waals surface area contributed by atoms with Crippen LogP contribution in [0.4, 0.5) is 0 Å². The summed E-state index contributed by atoms with van der Waals surface area (Å²) in [7, 11) is 1.63. The van der Waals surface area contributed by atoms with Crippen LogP contribution < -0.4 is 4.74 Å². The van der Waals surface area contributed by atoms with Crippen molar-refractivity contribution in [2.75, 3.05) is 13.7 Å². The molecule has 1 aromatic carbocycles. The summed E-state index contributed by atoms with van der Waals surface area (Å²) in [6, 6.07) is 7.27. The van der Waals surface area contributed by atoms with Crippen molar-refractivity contribution >= 4 is 17.8 Å². The van der Waals surface area contributed by atoms with Gasteiger partial charge in [0.25, 0.3) is 0 Å². The monoisotopic (exact) mass is 245 g/mol. The summed E-state index contributed by atoms with van der Waals surface area (Å²) in [6.07, 6.45) is 3.75. The van der Waals surface area contributed by atoms with E-state index >= 15 is 0 Å². The lowest BCUT2D eigenvalue weighted by molar-refractivity contribution is -0.141. The van der Waals surface area contributed by atoms with Crippen LogP contribution in [0.25, 0.3) is 6.08 Å². The molecule has 0 fully saturated rings. The molecule has 0 aromatic heterocycles. The van der Waals surface area contributed by atoms with E-state index in [0.717, 1.165) is 17.0 Å². The van der Waals surface area contributed by atoms with Crippen molar-refractivity contribution in [3.8, 4) is 5.75 Å². The Balaban J connectivity index is 1.89. The molecule has 4 heteroatoms. The number of benzene rings is 1. The summed E-state index contributed by atoms with van der Waals surface area (Å²) < 4.78 is 9.95. The van der Waals surface area contributed by atoms with Gasteiger partial charge >= 0.3 is 5.97 Å². The van der Waals surface area contributed by atoms with E-state index in [4.69, 9.17) is 9.47 Å². The summed E-state index contributed by atoms with van der Waals surface area (Å²) in [5.74, 6) is 0.548. The summed E-state index contributed by atoms with van der Waals surface area (Å²) >= 11 is 0. The summed E-state index contributed by atoms with van der Waals surface area (Å²) in [5, 5.41) is 0. The van der Waals surface area contributed by atoms with Crippen molar-refractivity contribution in [2.24, 2.45) is 4.99 Å². The summed E-state index contributed by atoms with van der Waals surface area (Å²) in [4.78, 5) is 15.4. The highest BCUT2D eigenvalue weighted by Gasteiger charge is 2.34. The molecule has 0 bridgehead atoms. The Hall–Kier alpha value is -2.10. The van der Waals surface area contributed by atoms with E-state index < -0.39 is 0 Å². The summed E-state index contributed by atoms with van der Waals surface area (Å²) in [5.41, 5.74) is 1.80. The molecule has 94 valence electrons. The first kappa shape index (κ1) is 12.4. The van der Waals surface area contributed by atoms with E-state index in [2.05, 4.69) is 4.99 Å². The molecule has 1 heterocycles. The number of nitrogens with zero attached hydrogens (tertiary/aromatic N) is 1. The quantitative estimate of drug-likeness (QED) is 0.746. The van der Waals surface area contributed by atoms with Gasteiger partial charge in [-0.2, -0.15) is 0 Å². The molecule has 0 N–H and O–H groups in total. The average molecular weight is 245 g/mol. The zero-order chi connectivity index (χ0) is 13.0. The molecule has 1 aliphatic heterocycles. The van der Waals surface area contributed by atoms with Crippen LogP contribution in [0.2, 0.25) is 0 Å². The topological polar surface area (TPSA) is 47.9 Å². The highest BCUT2D eigenvalue weighted by molar-refractivity contribution is 6.22. The maximum Gasteiger partial charge on any atom is 0.337 e. The van der Waals surface area contributed by atoms with Crippen molar-refractivity contribution in [1.82, 2.24) is 0 Å². The van der Waals surface area contributed by atoms with Gasteiger partial charge in [0, 0.05) is 0 Å². The van der Waals surface area contributed by atoms with Crippen molar-refractivity contribution in [3.63, 3.8) is 0 Å². The molecule has 4 nitrogen and oxygen atoms in total. The standard InChI is InChI=1S/C14H15NO3/c1-3-18-14(16)13-12(15-13)9-6-10-4-7-11(17-2)8-5-10/h4-9,13H,3H2,1-2H3/b9-6+. The number of ether oxygens (including phenoxy) is 2. The Morgan fingerprint density at radius 2 is 2.06 bits per heavy atom. The van der Waals surface area contributed by atoms with Crippen LogP contribution in [0.15, 0.2) is 35.3 Å². The smallest absolute Gasteiger partial charge is 0.337 e. The second-order valence-electron chi connectivity index (χ2n) is 3.82. The molecule has 1 aromatic rings. The van der Waals surface area contributed by atoms with E-state index in [9.17, 15) is 4.79 Å². The fraction of sp³-hybridized carbons (Fsp3) is 0.286. The average Bonchev–Trinajstić information content (AvgIpc) is 3.17. The molecule has 2 rings (SSSR count). The van der Waals surface area contributed by atoms with Gasteiger partial charge in [0.1, 0.15) is 5.75 Å². The first-order chi connectivity index (χ1) is 8.74. The van der Waals surface area contributed by atoms with E-state index in [0.29, 0.717) is 6.61 Å². The Labute approximate surface area is 106 Å². The molecule has 0 saturated heterocycles. The number of carbonyl (C=O) groups excluding carboxylic acids is 1. The zero-order valence-electron chi connectivity index (χ0n) is 10.4. The Kier molecular flexibility index (Phi) is 3.77. The molecule has 18 heavy (non-hydrogen) atoms. The third-order valence-electron chi connectivity index (χ3n) is 2.56. The molecule has 1 atom stereocenters. The van der Waals surface area contributed by atoms with Crippen LogP contribution in [0.1, 0.15) is 12.5 Å². The number of hydrogen-bond donors (Lipinski definition) is 0. The minimum Gasteiger partial charge on any atom is -0.497 e. The first-order valence-corrected chi connectivity index (χ1v) is 5.81. The number of hydrogen-bond acceptors (Lipinski definition) is 4. The van der Waals surface area contributed by atoms with Crippen LogP contribution in [-0.4, -0.2) is 31.4 Å². The van der Waals surface area contributed by atoms with Gasteiger partial charge in [0.2, 0.25) is 0 Å². The van der Waals surface area contributed by atoms with Crippen molar-refractivity contribution in [1.29, 1.82) is 0 Å². The number of carbonyl (C=O) groups is 1. The maximum atomic E-state index is 11.3. The molecule has 0 saturated carbocycles. The van der Waals surface area contributed by atoms with Crippen LogP contribution in [0, 0.1) is 0 Å². The zero-order valence-corrected chi connectivity index (χ0v) is 10.4. The van der Waals surface area contributed by atoms with E-state index in [1.807, 2.05) is 36.4 Å². The van der Waals surface area contributed by atoms with Gasteiger partial charge in [-0.3, -0.25) is 4.99 Å². The van der Waals surface area contributed by atoms with Gasteiger partial charge in [-0.1, -0.05) is 18.2 Å². The minimum absolute atomic E-state index is 0.271.